The lowest BCUT2D eigenvalue weighted by atomic mass is 9.87. The molecular weight excluding hydrogens is 665 g/mol. The lowest BCUT2D eigenvalue weighted by Crippen LogP contribution is -2.33. The van der Waals surface area contributed by atoms with Crippen LogP contribution in [0.3, 0.4) is 0 Å². The van der Waals surface area contributed by atoms with Gasteiger partial charge >= 0.3 is 6.01 Å². The van der Waals surface area contributed by atoms with Crippen molar-refractivity contribution >= 4 is 0 Å². The van der Waals surface area contributed by atoms with E-state index in [-0.39, 0.29) is 33.6 Å². The lowest BCUT2D eigenvalue weighted by molar-refractivity contribution is 0.0923. The molecule has 0 amide bonds. The Balaban J connectivity index is 1.80. The van der Waals surface area contributed by atoms with E-state index in [9.17, 15) is 0 Å². The van der Waals surface area contributed by atoms with Crippen molar-refractivity contribution in [2.75, 3.05) is 14.2 Å². The summed E-state index contributed by atoms with van der Waals surface area (Å²) in [5, 5.41) is 0. The molecule has 1 unspecified atom stereocenters. The van der Waals surface area contributed by atoms with Crippen LogP contribution in [-0.2, 0) is 27.3 Å². The minimum atomic E-state index is -0.911. The van der Waals surface area contributed by atoms with Gasteiger partial charge in [-0.15, -0.1) is 0 Å². The predicted octanol–water partition coefficient (Wildman–Crippen LogP) is 10.1. The summed E-state index contributed by atoms with van der Waals surface area (Å²) in [4.78, 5) is 29.0. The van der Waals surface area contributed by atoms with Gasteiger partial charge in [-0.1, -0.05) is 90.0 Å². The highest BCUT2D eigenvalue weighted by Crippen LogP contribution is 2.43. The molecule has 10 nitrogen and oxygen atoms in total. The van der Waals surface area contributed by atoms with E-state index >= 15 is 0 Å². The average Bonchev–Trinajstić information content (AvgIpc) is 3.03. The molecule has 0 saturated heterocycles. The highest BCUT2D eigenvalue weighted by atomic mass is 16.5. The Morgan fingerprint density at radius 1 is 0.453 bits per heavy atom. The monoisotopic (exact) mass is 726 g/mol. The van der Waals surface area contributed by atoms with Crippen LogP contribution in [0.4, 0.5) is 0 Å². The number of rotatable bonds is 9. The van der Waals surface area contributed by atoms with Crippen molar-refractivity contribution in [1.29, 1.82) is 0 Å². The summed E-state index contributed by atoms with van der Waals surface area (Å²) in [5.41, 5.74) is 2.18. The Labute approximate surface area is 317 Å². The van der Waals surface area contributed by atoms with Crippen molar-refractivity contribution in [2.45, 2.75) is 151 Å². The second kappa shape index (κ2) is 14.5. The highest BCUT2D eigenvalue weighted by Gasteiger charge is 2.34. The zero-order valence-corrected chi connectivity index (χ0v) is 35.7. The normalized spacial score (nSPS) is 13.5. The van der Waals surface area contributed by atoms with Gasteiger partial charge in [-0.2, -0.15) is 9.97 Å². The largest absolute Gasteiger partial charge is 0.493 e. The number of aromatic nitrogens is 6. The van der Waals surface area contributed by atoms with Crippen molar-refractivity contribution in [3.05, 3.63) is 75.6 Å². The van der Waals surface area contributed by atoms with Gasteiger partial charge in [-0.3, -0.25) is 0 Å². The summed E-state index contributed by atoms with van der Waals surface area (Å²) < 4.78 is 25.0. The summed E-state index contributed by atoms with van der Waals surface area (Å²) in [6.07, 6.45) is 0. The molecule has 10 heteroatoms. The lowest BCUT2D eigenvalue weighted by Gasteiger charge is -2.30. The van der Waals surface area contributed by atoms with Gasteiger partial charge in [0.2, 0.25) is 0 Å². The van der Waals surface area contributed by atoms with Crippen molar-refractivity contribution in [3.8, 4) is 29.0 Å². The van der Waals surface area contributed by atoms with E-state index in [1.165, 1.54) is 0 Å². The Hall–Kier alpha value is -4.34. The highest BCUT2D eigenvalue weighted by molar-refractivity contribution is 5.55. The molecule has 0 N–H and O–H groups in total. The molecule has 2 aromatic carbocycles. The van der Waals surface area contributed by atoms with E-state index in [0.29, 0.717) is 40.5 Å². The third kappa shape index (κ3) is 9.43. The first-order valence-electron chi connectivity index (χ1n) is 18.4. The van der Waals surface area contributed by atoms with Crippen LogP contribution in [0.2, 0.25) is 0 Å². The van der Waals surface area contributed by atoms with Crippen LogP contribution < -0.4 is 18.9 Å². The minimum Gasteiger partial charge on any atom is -0.493 e. The third-order valence-electron chi connectivity index (χ3n) is 9.08. The quantitative estimate of drug-likeness (QED) is 0.165. The molecule has 4 aromatic rings. The molecule has 53 heavy (non-hydrogen) atoms. The Morgan fingerprint density at radius 3 is 1.17 bits per heavy atom. The first kappa shape index (κ1) is 41.4. The molecule has 0 aliphatic carbocycles. The smallest absolute Gasteiger partial charge is 0.325 e. The molecule has 0 spiro atoms. The second-order valence-electron chi connectivity index (χ2n) is 18.7. The third-order valence-corrected chi connectivity index (χ3v) is 9.08. The Morgan fingerprint density at radius 2 is 0.792 bits per heavy atom. The fourth-order valence-corrected chi connectivity index (χ4v) is 5.74. The van der Waals surface area contributed by atoms with Gasteiger partial charge < -0.3 is 18.9 Å². The van der Waals surface area contributed by atoms with Gasteiger partial charge in [0.1, 0.15) is 23.3 Å². The van der Waals surface area contributed by atoms with Crippen LogP contribution in [0.15, 0.2) is 24.3 Å². The van der Waals surface area contributed by atoms with Gasteiger partial charge in [-0.25, -0.2) is 19.9 Å². The predicted molar refractivity (Wildman–Crippen MR) is 211 cm³/mol. The molecule has 2 aromatic heterocycles. The van der Waals surface area contributed by atoms with Crippen LogP contribution in [0, 0.1) is 13.8 Å². The summed E-state index contributed by atoms with van der Waals surface area (Å²) in [5.74, 6) is 5.61. The van der Waals surface area contributed by atoms with Crippen molar-refractivity contribution in [3.63, 3.8) is 0 Å². The molecule has 0 radical (unpaired) electrons. The van der Waals surface area contributed by atoms with Crippen LogP contribution in [0.25, 0.3) is 0 Å². The number of nitrogens with zero attached hydrogens (tertiary/aromatic N) is 6. The summed E-state index contributed by atoms with van der Waals surface area (Å²) in [6, 6.07) is 8.35. The van der Waals surface area contributed by atoms with Crippen LogP contribution in [0.1, 0.15) is 161 Å². The molecule has 4 rings (SSSR count). The number of aryl methyl sites for hydroxylation is 2. The van der Waals surface area contributed by atoms with Crippen molar-refractivity contribution < 1.29 is 18.9 Å². The maximum atomic E-state index is 6.83. The fraction of sp³-hybridized carbons (Fsp3) is 0.581. The summed E-state index contributed by atoms with van der Waals surface area (Å²) >= 11 is 0. The molecule has 2 heterocycles. The Kier molecular flexibility index (Phi) is 11.3. The minimum absolute atomic E-state index is 0.0644. The number of benzene rings is 2. The number of methoxy groups -OCH3 is 2. The van der Waals surface area contributed by atoms with Crippen LogP contribution in [-0.4, -0.2) is 44.1 Å². The van der Waals surface area contributed by atoms with Gasteiger partial charge in [-0.05, 0) is 74.2 Å². The van der Waals surface area contributed by atoms with E-state index in [4.69, 9.17) is 48.9 Å². The molecule has 0 aliphatic heterocycles. The molecule has 288 valence electrons. The van der Waals surface area contributed by atoms with Gasteiger partial charge in [0.15, 0.2) is 34.4 Å². The fourth-order valence-electron chi connectivity index (χ4n) is 5.74. The number of ether oxygens (including phenoxy) is 4. The topological polar surface area (TPSA) is 114 Å². The second-order valence-corrected chi connectivity index (χ2v) is 18.7. The molecular formula is C43H62N6O4. The standard InChI is InChI=1S/C43H62N6O4/c1-24-20-29(50-18)31(52-38-48-35(41(10,11)12)45-36(49-38)42(13,14)15)22-27(24)26(3)28-23-32(30(51-19)21-25(28)2)53-43(16,17)37-46-33(39(4,5)6)44-34(47-37)40(7,8)9/h20-23,26H,1-19H3. The maximum absolute atomic E-state index is 6.83. The molecule has 0 bridgehead atoms. The first-order chi connectivity index (χ1) is 24.1. The van der Waals surface area contributed by atoms with E-state index < -0.39 is 5.60 Å². The molecule has 0 saturated carbocycles. The summed E-state index contributed by atoms with van der Waals surface area (Å²) in [7, 11) is 3.30. The first-order valence-corrected chi connectivity index (χ1v) is 18.4. The SMILES string of the molecule is COc1cc(C)c(C(C)c2cc(OC(C)(C)c3nc(C(C)(C)C)nc(C(C)(C)C)n3)c(OC)cc2C)cc1Oc1nc(C(C)(C)C)nc(C(C)(C)C)n1. The van der Waals surface area contributed by atoms with E-state index in [1.807, 2.05) is 32.0 Å². The van der Waals surface area contributed by atoms with Crippen molar-refractivity contribution in [2.24, 2.45) is 0 Å². The van der Waals surface area contributed by atoms with E-state index in [1.54, 1.807) is 14.2 Å². The molecule has 1 atom stereocenters. The maximum Gasteiger partial charge on any atom is 0.325 e. The summed E-state index contributed by atoms with van der Waals surface area (Å²) in [6.45, 7) is 35.4. The van der Waals surface area contributed by atoms with Crippen molar-refractivity contribution in [1.82, 2.24) is 29.9 Å². The molecule has 0 aliphatic rings. The zero-order valence-electron chi connectivity index (χ0n) is 35.7. The number of hydrogen-bond donors (Lipinski definition) is 0. The zero-order chi connectivity index (χ0) is 40.1. The van der Waals surface area contributed by atoms with Crippen LogP contribution in [0.5, 0.6) is 29.0 Å². The van der Waals surface area contributed by atoms with E-state index in [2.05, 4.69) is 110 Å². The Bertz CT molecular complexity index is 1900. The van der Waals surface area contributed by atoms with Crippen LogP contribution >= 0.6 is 0 Å². The average molecular weight is 727 g/mol. The molecule has 0 fully saturated rings. The van der Waals surface area contributed by atoms with Gasteiger partial charge in [0, 0.05) is 27.6 Å². The van der Waals surface area contributed by atoms with Gasteiger partial charge in [0.25, 0.3) is 0 Å². The van der Waals surface area contributed by atoms with Gasteiger partial charge in [0.05, 0.1) is 14.2 Å². The number of hydrogen-bond acceptors (Lipinski definition) is 10. The van der Waals surface area contributed by atoms with E-state index in [0.717, 1.165) is 33.9 Å².